The highest BCUT2D eigenvalue weighted by atomic mass is 16.5. The molecule has 0 radical (unpaired) electrons. The summed E-state index contributed by atoms with van der Waals surface area (Å²) in [5.74, 6) is -0.242. The summed E-state index contributed by atoms with van der Waals surface area (Å²) in [5.41, 5.74) is 0. The minimum atomic E-state index is -0.126. The van der Waals surface area contributed by atoms with Crippen molar-refractivity contribution in [3.8, 4) is 0 Å². The second kappa shape index (κ2) is 16.5. The largest absolute Gasteiger partial charge is 0.466 e. The van der Waals surface area contributed by atoms with E-state index >= 15 is 0 Å². The summed E-state index contributed by atoms with van der Waals surface area (Å²) in [6.45, 7) is 6.29. The van der Waals surface area contributed by atoms with Crippen molar-refractivity contribution in [2.24, 2.45) is 0 Å². The Kier molecular flexibility index (Phi) is 15.9. The van der Waals surface area contributed by atoms with Gasteiger partial charge < -0.3 is 18.4 Å². The maximum Gasteiger partial charge on any atom is 0.306 e. The van der Waals surface area contributed by atoms with Crippen LogP contribution in [0.4, 0.5) is 0 Å². The topological polar surface area (TPSA) is 52.6 Å². The molecule has 0 fully saturated rings. The molecule has 0 unspecified atom stereocenters. The van der Waals surface area contributed by atoms with Crippen molar-refractivity contribution in [3.63, 3.8) is 0 Å². The van der Waals surface area contributed by atoms with E-state index < -0.39 is 0 Å². The van der Waals surface area contributed by atoms with Gasteiger partial charge in [-0.25, -0.2) is 0 Å². The van der Waals surface area contributed by atoms with Crippen molar-refractivity contribution in [1.82, 2.24) is 0 Å². The first-order valence-corrected chi connectivity index (χ1v) is 12.0. The number of carbonyl (C=O) groups is 2. The number of quaternary nitrogens is 2. The van der Waals surface area contributed by atoms with E-state index in [4.69, 9.17) is 9.47 Å². The van der Waals surface area contributed by atoms with Gasteiger partial charge in [-0.15, -0.1) is 0 Å². The van der Waals surface area contributed by atoms with E-state index in [1.807, 2.05) is 0 Å². The van der Waals surface area contributed by atoms with Gasteiger partial charge in [0, 0.05) is 12.8 Å². The van der Waals surface area contributed by atoms with Gasteiger partial charge in [0.15, 0.2) is 0 Å². The maximum absolute atomic E-state index is 11.9. The summed E-state index contributed by atoms with van der Waals surface area (Å²) in [6, 6.07) is 0. The molecule has 0 saturated carbocycles. The Bertz CT molecular complexity index is 459. The molecule has 0 aliphatic heterocycles. The van der Waals surface area contributed by atoms with Crippen LogP contribution >= 0.6 is 0 Å². The lowest BCUT2D eigenvalue weighted by Gasteiger charge is -2.30. The zero-order valence-electron chi connectivity index (χ0n) is 20.8. The summed E-state index contributed by atoms with van der Waals surface area (Å²) in [4.78, 5) is 23.3. The third-order valence-corrected chi connectivity index (χ3v) is 5.29. The van der Waals surface area contributed by atoms with Gasteiger partial charge in [0.25, 0.3) is 0 Å². The Morgan fingerprint density at radius 3 is 1.57 bits per heavy atom. The van der Waals surface area contributed by atoms with Crippen molar-refractivity contribution in [1.29, 1.82) is 0 Å². The van der Waals surface area contributed by atoms with E-state index in [-0.39, 0.29) is 11.9 Å². The van der Waals surface area contributed by atoms with Crippen LogP contribution in [-0.2, 0) is 19.1 Å². The predicted molar refractivity (Wildman–Crippen MR) is 123 cm³/mol. The number of nitrogens with zero attached hydrogens (tertiary/aromatic N) is 2. The first-order chi connectivity index (χ1) is 14.1. The lowest BCUT2D eigenvalue weighted by molar-refractivity contribution is -0.890. The van der Waals surface area contributed by atoms with E-state index in [0.29, 0.717) is 26.1 Å². The van der Waals surface area contributed by atoms with Crippen molar-refractivity contribution >= 4 is 11.9 Å². The monoisotopic (exact) mass is 430 g/mol. The number of carbonyl (C=O) groups excluding carboxylic acids is 2. The smallest absolute Gasteiger partial charge is 0.306 e. The van der Waals surface area contributed by atoms with Crippen LogP contribution in [0.5, 0.6) is 0 Å². The van der Waals surface area contributed by atoms with E-state index in [9.17, 15) is 9.59 Å². The number of ether oxygens (including phenoxy) is 2. The molecule has 0 rings (SSSR count). The van der Waals surface area contributed by atoms with Crippen LogP contribution in [0.15, 0.2) is 0 Å². The summed E-state index contributed by atoms with van der Waals surface area (Å²) in [5, 5.41) is 0. The van der Waals surface area contributed by atoms with Crippen LogP contribution in [0.25, 0.3) is 0 Å². The normalized spacial score (nSPS) is 12.1. The van der Waals surface area contributed by atoms with Crippen molar-refractivity contribution < 1.29 is 28.0 Å². The average Bonchev–Trinajstić information content (AvgIpc) is 2.64. The van der Waals surface area contributed by atoms with Gasteiger partial charge in [0.05, 0.1) is 74.5 Å². The standard InChI is InChI=1S/C24H50N2O4/c1-7-8-16-23(27)29-21-13-14-22-30-24(28)17-15-20-26(5,6)19-12-10-9-11-18-25(2,3)4/h7-22H2,1-6H3/q+2. The fraction of sp³-hybridized carbons (Fsp3) is 0.917. The molecule has 0 aromatic heterocycles. The van der Waals surface area contributed by atoms with Crippen LogP contribution in [0.1, 0.15) is 77.6 Å². The Labute approximate surface area is 186 Å². The summed E-state index contributed by atoms with van der Waals surface area (Å²) < 4.78 is 12.4. The third kappa shape index (κ3) is 20.1. The zero-order chi connectivity index (χ0) is 22.9. The molecule has 30 heavy (non-hydrogen) atoms. The molecule has 0 aromatic rings. The minimum absolute atomic E-state index is 0.116. The first-order valence-electron chi connectivity index (χ1n) is 12.0. The van der Waals surface area contributed by atoms with Gasteiger partial charge in [0.1, 0.15) is 0 Å². The number of hydrogen-bond acceptors (Lipinski definition) is 4. The minimum Gasteiger partial charge on any atom is -0.466 e. The quantitative estimate of drug-likeness (QED) is 0.175. The number of unbranched alkanes of at least 4 members (excludes halogenated alkanes) is 5. The molecule has 0 heterocycles. The molecule has 0 saturated heterocycles. The van der Waals surface area contributed by atoms with Gasteiger partial charge in [-0.05, 0) is 44.9 Å². The highest BCUT2D eigenvalue weighted by molar-refractivity contribution is 5.69. The summed E-state index contributed by atoms with van der Waals surface area (Å²) in [6.07, 6.45) is 10.3. The molecule has 0 spiro atoms. The predicted octanol–water partition coefficient (Wildman–Crippen LogP) is 4.17. The highest BCUT2D eigenvalue weighted by Crippen LogP contribution is 2.09. The van der Waals surface area contributed by atoms with Crippen LogP contribution in [-0.4, -0.2) is 89.0 Å². The van der Waals surface area contributed by atoms with Crippen LogP contribution in [0.3, 0.4) is 0 Å². The average molecular weight is 431 g/mol. The van der Waals surface area contributed by atoms with Gasteiger partial charge in [-0.2, -0.15) is 0 Å². The fourth-order valence-electron chi connectivity index (χ4n) is 3.28. The van der Waals surface area contributed by atoms with E-state index in [1.54, 1.807) is 0 Å². The molecule has 178 valence electrons. The molecule has 0 aliphatic rings. The second-order valence-corrected chi connectivity index (χ2v) is 10.2. The molecule has 0 N–H and O–H groups in total. The molecule has 0 aliphatic carbocycles. The van der Waals surface area contributed by atoms with Gasteiger partial charge in [-0.3, -0.25) is 9.59 Å². The number of esters is 2. The molecule has 6 nitrogen and oxygen atoms in total. The second-order valence-electron chi connectivity index (χ2n) is 10.2. The Balaban J connectivity index is 3.61. The Morgan fingerprint density at radius 1 is 0.600 bits per heavy atom. The first kappa shape index (κ1) is 28.9. The maximum atomic E-state index is 11.9. The van der Waals surface area contributed by atoms with Gasteiger partial charge in [0.2, 0.25) is 0 Å². The molecule has 0 atom stereocenters. The highest BCUT2D eigenvalue weighted by Gasteiger charge is 2.15. The van der Waals surface area contributed by atoms with Gasteiger partial charge >= 0.3 is 11.9 Å². The Morgan fingerprint density at radius 2 is 1.07 bits per heavy atom. The summed E-state index contributed by atoms with van der Waals surface area (Å²) >= 11 is 0. The van der Waals surface area contributed by atoms with Crippen LogP contribution < -0.4 is 0 Å². The fourth-order valence-corrected chi connectivity index (χ4v) is 3.28. The molecular formula is C24H50N2O4+2. The van der Waals surface area contributed by atoms with E-state index in [1.165, 1.54) is 32.2 Å². The van der Waals surface area contributed by atoms with E-state index in [0.717, 1.165) is 54.2 Å². The molecule has 0 aromatic carbocycles. The van der Waals surface area contributed by atoms with E-state index in [2.05, 4.69) is 42.2 Å². The van der Waals surface area contributed by atoms with Crippen molar-refractivity contribution in [2.45, 2.75) is 77.6 Å². The summed E-state index contributed by atoms with van der Waals surface area (Å²) in [7, 11) is 11.2. The zero-order valence-corrected chi connectivity index (χ0v) is 20.8. The van der Waals surface area contributed by atoms with Crippen molar-refractivity contribution in [3.05, 3.63) is 0 Å². The third-order valence-electron chi connectivity index (χ3n) is 5.29. The SMILES string of the molecule is CCCCC(=O)OCCCCOC(=O)CCC[N+](C)(C)CCCCCC[N+](C)(C)C. The number of rotatable bonds is 19. The Hall–Kier alpha value is -1.14. The van der Waals surface area contributed by atoms with Gasteiger partial charge in [-0.1, -0.05) is 13.3 Å². The van der Waals surface area contributed by atoms with Crippen molar-refractivity contribution in [2.75, 3.05) is 68.1 Å². The molecule has 0 bridgehead atoms. The van der Waals surface area contributed by atoms with Crippen LogP contribution in [0.2, 0.25) is 0 Å². The lowest BCUT2D eigenvalue weighted by Crippen LogP contribution is -2.41. The molecular weight excluding hydrogens is 380 g/mol. The molecule has 0 amide bonds. The molecule has 6 heteroatoms. The number of hydrogen-bond donors (Lipinski definition) is 0. The lowest BCUT2D eigenvalue weighted by atomic mass is 10.1. The van der Waals surface area contributed by atoms with Crippen LogP contribution in [0, 0.1) is 0 Å².